The molecule has 2 aromatic carbocycles. The van der Waals surface area contributed by atoms with Crippen LogP contribution in [0.2, 0.25) is 0 Å². The van der Waals surface area contributed by atoms with Gasteiger partial charge >= 0.3 is 0 Å². The minimum atomic E-state index is -0.566. The minimum Gasteiger partial charge on any atom is -0.302 e. The van der Waals surface area contributed by atoms with E-state index in [0.29, 0.717) is 13.1 Å². The van der Waals surface area contributed by atoms with Gasteiger partial charge in [0.2, 0.25) is 0 Å². The molecule has 0 heterocycles. The number of rotatable bonds is 6. The zero-order valence-electron chi connectivity index (χ0n) is 12.4. The third-order valence-corrected chi connectivity index (χ3v) is 3.63. The highest BCUT2D eigenvalue weighted by molar-refractivity contribution is 5.68. The van der Waals surface area contributed by atoms with E-state index in [4.69, 9.17) is 0 Å². The van der Waals surface area contributed by atoms with E-state index in [1.807, 2.05) is 55.3 Å². The molecule has 1 atom stereocenters. The first kappa shape index (κ1) is 15.4. The Hall–Kier alpha value is -2.00. The summed E-state index contributed by atoms with van der Waals surface area (Å²) in [6.07, 6.45) is 0.990. The molecule has 2 rings (SSSR count). The van der Waals surface area contributed by atoms with Crippen LogP contribution in [0.5, 0.6) is 0 Å². The van der Waals surface area contributed by atoms with Crippen molar-refractivity contribution in [3.05, 3.63) is 71.5 Å². The molecule has 0 aliphatic carbocycles. The molecule has 0 saturated heterocycles. The normalized spacial score (nSPS) is 13.9. The first-order valence-electron chi connectivity index (χ1n) is 6.98. The second-order valence-electron chi connectivity index (χ2n) is 5.70. The molecular formula is C18H20FNO. The maximum absolute atomic E-state index is 13.2. The molecule has 0 saturated carbocycles. The number of aldehydes is 1. The van der Waals surface area contributed by atoms with Gasteiger partial charge in [-0.1, -0.05) is 42.5 Å². The van der Waals surface area contributed by atoms with Gasteiger partial charge < -0.3 is 9.69 Å². The second-order valence-corrected chi connectivity index (χ2v) is 5.70. The van der Waals surface area contributed by atoms with Gasteiger partial charge in [-0.15, -0.1) is 0 Å². The molecule has 3 heteroatoms. The molecule has 2 nitrogen and oxygen atoms in total. The molecule has 0 amide bonds. The summed E-state index contributed by atoms with van der Waals surface area (Å²) in [6, 6.07) is 16.3. The number of benzene rings is 2. The standard InChI is InChI=1S/C18H20FNO/c1-18(14-21,16-8-4-3-5-9-16)13-20(2)12-15-7-6-10-17(19)11-15/h3-11,14H,12-13H2,1-2H3. The monoisotopic (exact) mass is 285 g/mol. The first-order valence-corrected chi connectivity index (χ1v) is 6.98. The Bertz CT molecular complexity index is 599. The third kappa shape index (κ3) is 3.99. The van der Waals surface area contributed by atoms with Crippen LogP contribution in [0.3, 0.4) is 0 Å². The quantitative estimate of drug-likeness (QED) is 0.758. The van der Waals surface area contributed by atoms with Gasteiger partial charge in [-0.25, -0.2) is 4.39 Å². The largest absolute Gasteiger partial charge is 0.302 e. The van der Waals surface area contributed by atoms with Crippen LogP contribution >= 0.6 is 0 Å². The third-order valence-electron chi connectivity index (χ3n) is 3.63. The number of hydrogen-bond donors (Lipinski definition) is 0. The van der Waals surface area contributed by atoms with Gasteiger partial charge in [0.05, 0.1) is 5.41 Å². The van der Waals surface area contributed by atoms with E-state index < -0.39 is 5.41 Å². The van der Waals surface area contributed by atoms with Crippen molar-refractivity contribution < 1.29 is 9.18 Å². The molecule has 0 bridgehead atoms. The highest BCUT2D eigenvalue weighted by Crippen LogP contribution is 2.23. The maximum Gasteiger partial charge on any atom is 0.131 e. The Morgan fingerprint density at radius 2 is 1.86 bits per heavy atom. The van der Waals surface area contributed by atoms with E-state index in [1.165, 1.54) is 12.1 Å². The lowest BCUT2D eigenvalue weighted by atomic mass is 9.83. The van der Waals surface area contributed by atoms with Crippen LogP contribution in [0.15, 0.2) is 54.6 Å². The van der Waals surface area contributed by atoms with Crippen LogP contribution in [-0.2, 0) is 16.8 Å². The number of carbonyl (C=O) groups is 1. The molecule has 0 radical (unpaired) electrons. The van der Waals surface area contributed by atoms with E-state index in [-0.39, 0.29) is 5.82 Å². The SMILES string of the molecule is CN(Cc1cccc(F)c1)CC(C)(C=O)c1ccccc1. The molecular weight excluding hydrogens is 265 g/mol. The van der Waals surface area contributed by atoms with Crippen LogP contribution in [0, 0.1) is 5.82 Å². The molecule has 2 aromatic rings. The Labute approximate surface area is 125 Å². The lowest BCUT2D eigenvalue weighted by Crippen LogP contribution is -2.38. The zero-order chi connectivity index (χ0) is 15.3. The Balaban J connectivity index is 2.09. The topological polar surface area (TPSA) is 20.3 Å². The predicted octanol–water partition coefficient (Wildman–Crippen LogP) is 3.41. The van der Waals surface area contributed by atoms with Crippen molar-refractivity contribution >= 4 is 6.29 Å². The van der Waals surface area contributed by atoms with E-state index in [9.17, 15) is 9.18 Å². The number of halogens is 1. The number of hydrogen-bond acceptors (Lipinski definition) is 2. The summed E-state index contributed by atoms with van der Waals surface area (Å²) < 4.78 is 13.2. The molecule has 0 aromatic heterocycles. The minimum absolute atomic E-state index is 0.234. The van der Waals surface area contributed by atoms with Crippen LogP contribution in [0.25, 0.3) is 0 Å². The lowest BCUT2D eigenvalue weighted by Gasteiger charge is -2.29. The van der Waals surface area contributed by atoms with Gasteiger partial charge in [0.15, 0.2) is 0 Å². The van der Waals surface area contributed by atoms with Gasteiger partial charge in [0, 0.05) is 13.1 Å². The fourth-order valence-corrected chi connectivity index (χ4v) is 2.58. The van der Waals surface area contributed by atoms with Gasteiger partial charge in [-0.3, -0.25) is 0 Å². The number of likely N-dealkylation sites (N-methyl/N-ethyl adjacent to an activating group) is 1. The van der Waals surface area contributed by atoms with E-state index >= 15 is 0 Å². The van der Waals surface area contributed by atoms with Crippen molar-refractivity contribution in [3.63, 3.8) is 0 Å². The highest BCUT2D eigenvalue weighted by atomic mass is 19.1. The van der Waals surface area contributed by atoms with Crippen molar-refractivity contribution in [2.75, 3.05) is 13.6 Å². The van der Waals surface area contributed by atoms with Gasteiger partial charge in [-0.2, -0.15) is 0 Å². The van der Waals surface area contributed by atoms with Gasteiger partial charge in [0.1, 0.15) is 12.1 Å². The van der Waals surface area contributed by atoms with Crippen molar-refractivity contribution in [1.82, 2.24) is 4.90 Å². The van der Waals surface area contributed by atoms with E-state index in [1.54, 1.807) is 6.07 Å². The summed E-state index contributed by atoms with van der Waals surface area (Å²) in [5.74, 6) is -0.234. The van der Waals surface area contributed by atoms with Gasteiger partial charge in [-0.05, 0) is 37.2 Å². The molecule has 0 aliphatic heterocycles. The molecule has 21 heavy (non-hydrogen) atoms. The predicted molar refractivity (Wildman–Crippen MR) is 82.6 cm³/mol. The summed E-state index contributed by atoms with van der Waals surface area (Å²) in [7, 11) is 1.94. The molecule has 0 aliphatic rings. The van der Waals surface area contributed by atoms with Crippen LogP contribution in [0.4, 0.5) is 4.39 Å². The summed E-state index contributed by atoms with van der Waals surface area (Å²) in [4.78, 5) is 13.6. The van der Waals surface area contributed by atoms with Crippen LogP contribution < -0.4 is 0 Å². The van der Waals surface area contributed by atoms with Gasteiger partial charge in [0.25, 0.3) is 0 Å². The number of carbonyl (C=O) groups excluding carboxylic acids is 1. The van der Waals surface area contributed by atoms with Crippen LogP contribution in [-0.4, -0.2) is 24.8 Å². The summed E-state index contributed by atoms with van der Waals surface area (Å²) >= 11 is 0. The summed E-state index contributed by atoms with van der Waals surface area (Å²) in [6.45, 7) is 3.11. The van der Waals surface area contributed by atoms with Crippen molar-refractivity contribution in [2.24, 2.45) is 0 Å². The molecule has 1 unspecified atom stereocenters. The average molecular weight is 285 g/mol. The lowest BCUT2D eigenvalue weighted by molar-refractivity contribution is -0.112. The van der Waals surface area contributed by atoms with E-state index in [2.05, 4.69) is 0 Å². The summed E-state index contributed by atoms with van der Waals surface area (Å²) in [5, 5.41) is 0. The second kappa shape index (κ2) is 6.64. The molecule has 0 N–H and O–H groups in total. The maximum atomic E-state index is 13.2. The molecule has 0 fully saturated rings. The van der Waals surface area contributed by atoms with Crippen LogP contribution in [0.1, 0.15) is 18.1 Å². The summed E-state index contributed by atoms with van der Waals surface area (Å²) in [5.41, 5.74) is 1.33. The van der Waals surface area contributed by atoms with Crippen molar-refractivity contribution in [1.29, 1.82) is 0 Å². The van der Waals surface area contributed by atoms with E-state index in [0.717, 1.165) is 17.4 Å². The highest BCUT2D eigenvalue weighted by Gasteiger charge is 2.27. The van der Waals surface area contributed by atoms with Crippen molar-refractivity contribution in [2.45, 2.75) is 18.9 Å². The fourth-order valence-electron chi connectivity index (χ4n) is 2.58. The smallest absolute Gasteiger partial charge is 0.131 e. The zero-order valence-corrected chi connectivity index (χ0v) is 12.4. The molecule has 0 spiro atoms. The Kier molecular flexibility index (Phi) is 4.86. The average Bonchev–Trinajstić information content (AvgIpc) is 2.48. The Morgan fingerprint density at radius 3 is 2.48 bits per heavy atom. The Morgan fingerprint density at radius 1 is 1.14 bits per heavy atom. The van der Waals surface area contributed by atoms with Crippen molar-refractivity contribution in [3.8, 4) is 0 Å². The first-order chi connectivity index (χ1) is 10.0. The fraction of sp³-hybridized carbons (Fsp3) is 0.278. The molecule has 110 valence electrons. The number of nitrogens with zero attached hydrogens (tertiary/aromatic N) is 1.